The van der Waals surface area contributed by atoms with Crippen LogP contribution in [-0.4, -0.2) is 31.7 Å². The molecule has 0 aromatic rings. The molecule has 0 heterocycles. The molecular formula is C10H21F2NO. The second-order valence-corrected chi connectivity index (χ2v) is 4.31. The number of halogens is 2. The van der Waals surface area contributed by atoms with E-state index in [1.54, 1.807) is 0 Å². The fraction of sp³-hybridized carbons (Fsp3) is 1.00. The molecule has 0 aromatic heterocycles. The zero-order chi connectivity index (χ0) is 11.2. The molecule has 14 heavy (non-hydrogen) atoms. The van der Waals surface area contributed by atoms with Crippen molar-refractivity contribution >= 4 is 0 Å². The predicted molar refractivity (Wildman–Crippen MR) is 53.8 cm³/mol. The van der Waals surface area contributed by atoms with E-state index in [4.69, 9.17) is 4.74 Å². The number of hydrogen-bond acceptors (Lipinski definition) is 2. The quantitative estimate of drug-likeness (QED) is 0.650. The lowest BCUT2D eigenvalue weighted by atomic mass is 10.1. The molecule has 0 unspecified atom stereocenters. The Hall–Kier alpha value is -0.220. The standard InChI is InChI=1S/C10H21F2NO/c1-9(2,8-13-4)14-7-5-6-10(3,11)12/h13H,5-8H2,1-4H3. The van der Waals surface area contributed by atoms with Crippen LogP contribution >= 0.6 is 0 Å². The SMILES string of the molecule is CNCC(C)(C)OCCCC(C)(F)F. The van der Waals surface area contributed by atoms with E-state index >= 15 is 0 Å². The van der Waals surface area contributed by atoms with Crippen molar-refractivity contribution in [2.45, 2.75) is 45.1 Å². The largest absolute Gasteiger partial charge is 0.374 e. The number of alkyl halides is 2. The van der Waals surface area contributed by atoms with Crippen molar-refractivity contribution in [1.29, 1.82) is 0 Å². The van der Waals surface area contributed by atoms with Crippen LogP contribution < -0.4 is 5.32 Å². The minimum atomic E-state index is -2.57. The van der Waals surface area contributed by atoms with Crippen LogP contribution in [0, 0.1) is 0 Å². The van der Waals surface area contributed by atoms with Crippen molar-refractivity contribution in [3.63, 3.8) is 0 Å². The van der Waals surface area contributed by atoms with Crippen LogP contribution in [0.2, 0.25) is 0 Å². The van der Waals surface area contributed by atoms with Gasteiger partial charge >= 0.3 is 0 Å². The first-order valence-electron chi connectivity index (χ1n) is 4.93. The molecule has 0 aliphatic heterocycles. The summed E-state index contributed by atoms with van der Waals surface area (Å²) >= 11 is 0. The van der Waals surface area contributed by atoms with Crippen molar-refractivity contribution in [1.82, 2.24) is 5.32 Å². The second kappa shape index (κ2) is 5.61. The molecule has 0 fully saturated rings. The Morgan fingerprint density at radius 1 is 1.21 bits per heavy atom. The molecule has 0 amide bonds. The minimum Gasteiger partial charge on any atom is -0.374 e. The Balaban J connectivity index is 3.54. The van der Waals surface area contributed by atoms with Gasteiger partial charge in [0, 0.05) is 19.6 Å². The van der Waals surface area contributed by atoms with Crippen molar-refractivity contribution in [2.75, 3.05) is 20.2 Å². The molecule has 0 rings (SSSR count). The summed E-state index contributed by atoms with van der Waals surface area (Å²) < 4.78 is 30.3. The number of nitrogens with one attached hydrogen (secondary N) is 1. The van der Waals surface area contributed by atoms with E-state index in [1.807, 2.05) is 20.9 Å². The first-order valence-corrected chi connectivity index (χ1v) is 4.93. The van der Waals surface area contributed by atoms with Gasteiger partial charge in [-0.1, -0.05) is 0 Å². The van der Waals surface area contributed by atoms with Crippen LogP contribution in [0.3, 0.4) is 0 Å². The molecular weight excluding hydrogens is 188 g/mol. The summed E-state index contributed by atoms with van der Waals surface area (Å²) in [5, 5.41) is 2.99. The van der Waals surface area contributed by atoms with Crippen LogP contribution in [-0.2, 0) is 4.74 Å². The van der Waals surface area contributed by atoms with Crippen LogP contribution in [0.4, 0.5) is 8.78 Å². The van der Waals surface area contributed by atoms with Crippen LogP contribution in [0.15, 0.2) is 0 Å². The molecule has 0 aliphatic carbocycles. The minimum absolute atomic E-state index is 0.108. The lowest BCUT2D eigenvalue weighted by molar-refractivity contribution is -0.0366. The fourth-order valence-electron chi connectivity index (χ4n) is 1.21. The Kier molecular flexibility index (Phi) is 5.52. The number of hydrogen-bond donors (Lipinski definition) is 1. The molecule has 2 nitrogen and oxygen atoms in total. The molecule has 0 aromatic carbocycles. The topological polar surface area (TPSA) is 21.3 Å². The summed E-state index contributed by atoms with van der Waals surface area (Å²) in [6.45, 7) is 5.92. The highest BCUT2D eigenvalue weighted by atomic mass is 19.3. The van der Waals surface area contributed by atoms with Gasteiger partial charge in [0.05, 0.1) is 5.60 Å². The fourth-order valence-corrected chi connectivity index (χ4v) is 1.21. The van der Waals surface area contributed by atoms with E-state index in [0.29, 0.717) is 13.0 Å². The van der Waals surface area contributed by atoms with Crippen molar-refractivity contribution in [3.8, 4) is 0 Å². The summed E-state index contributed by atoms with van der Waals surface area (Å²) in [6.07, 6.45) is 0.291. The lowest BCUT2D eigenvalue weighted by Crippen LogP contribution is -2.36. The van der Waals surface area contributed by atoms with Crippen molar-refractivity contribution in [3.05, 3.63) is 0 Å². The van der Waals surface area contributed by atoms with E-state index in [0.717, 1.165) is 13.5 Å². The summed E-state index contributed by atoms with van der Waals surface area (Å²) in [4.78, 5) is 0. The third kappa shape index (κ3) is 8.38. The highest BCUT2D eigenvalue weighted by Gasteiger charge is 2.21. The molecule has 0 radical (unpaired) electrons. The molecule has 0 saturated heterocycles. The van der Waals surface area contributed by atoms with Crippen LogP contribution in [0.25, 0.3) is 0 Å². The van der Waals surface area contributed by atoms with Gasteiger partial charge in [0.25, 0.3) is 0 Å². The predicted octanol–water partition coefficient (Wildman–Crippen LogP) is 2.44. The van der Waals surface area contributed by atoms with E-state index in [2.05, 4.69) is 5.32 Å². The first-order chi connectivity index (χ1) is 6.27. The van der Waals surface area contributed by atoms with Gasteiger partial charge in [0.1, 0.15) is 0 Å². The molecule has 0 aliphatic rings. The lowest BCUT2D eigenvalue weighted by Gasteiger charge is -2.25. The van der Waals surface area contributed by atoms with Crippen LogP contribution in [0.5, 0.6) is 0 Å². The van der Waals surface area contributed by atoms with Gasteiger partial charge in [-0.3, -0.25) is 0 Å². The molecule has 86 valence electrons. The third-order valence-electron chi connectivity index (χ3n) is 1.86. The molecule has 4 heteroatoms. The molecule has 0 spiro atoms. The monoisotopic (exact) mass is 209 g/mol. The van der Waals surface area contributed by atoms with Gasteiger partial charge in [-0.15, -0.1) is 0 Å². The van der Waals surface area contributed by atoms with Crippen LogP contribution in [0.1, 0.15) is 33.6 Å². The number of rotatable bonds is 7. The summed E-state index contributed by atoms with van der Waals surface area (Å²) in [5.41, 5.74) is -0.280. The van der Waals surface area contributed by atoms with E-state index in [-0.39, 0.29) is 12.0 Å². The maximum absolute atomic E-state index is 12.4. The maximum atomic E-state index is 12.4. The smallest absolute Gasteiger partial charge is 0.245 e. The average Bonchev–Trinajstić information content (AvgIpc) is 1.96. The number of ether oxygens (including phenoxy) is 1. The summed E-state index contributed by atoms with van der Waals surface area (Å²) in [7, 11) is 1.84. The second-order valence-electron chi connectivity index (χ2n) is 4.31. The van der Waals surface area contributed by atoms with Gasteiger partial charge in [0.15, 0.2) is 0 Å². The number of likely N-dealkylation sites (N-methyl/N-ethyl adjacent to an activating group) is 1. The third-order valence-corrected chi connectivity index (χ3v) is 1.86. The molecule has 1 N–H and O–H groups in total. The average molecular weight is 209 g/mol. The molecule has 0 bridgehead atoms. The zero-order valence-corrected chi connectivity index (χ0v) is 9.49. The Labute approximate surface area is 85.0 Å². The summed E-state index contributed by atoms with van der Waals surface area (Å²) in [5.74, 6) is -2.57. The Morgan fingerprint density at radius 3 is 2.21 bits per heavy atom. The zero-order valence-electron chi connectivity index (χ0n) is 9.49. The molecule has 0 saturated carbocycles. The van der Waals surface area contributed by atoms with E-state index < -0.39 is 5.92 Å². The first kappa shape index (κ1) is 13.8. The molecule has 0 atom stereocenters. The van der Waals surface area contributed by atoms with Crippen molar-refractivity contribution < 1.29 is 13.5 Å². The van der Waals surface area contributed by atoms with Crippen molar-refractivity contribution in [2.24, 2.45) is 0 Å². The highest BCUT2D eigenvalue weighted by molar-refractivity contribution is 4.70. The Morgan fingerprint density at radius 2 is 1.79 bits per heavy atom. The van der Waals surface area contributed by atoms with Gasteiger partial charge in [-0.25, -0.2) is 8.78 Å². The van der Waals surface area contributed by atoms with Gasteiger partial charge < -0.3 is 10.1 Å². The normalized spacial score (nSPS) is 13.3. The summed E-state index contributed by atoms with van der Waals surface area (Å²) in [6, 6.07) is 0. The van der Waals surface area contributed by atoms with E-state index in [1.165, 1.54) is 0 Å². The van der Waals surface area contributed by atoms with Gasteiger partial charge in [-0.05, 0) is 34.2 Å². The van der Waals surface area contributed by atoms with Gasteiger partial charge in [0.2, 0.25) is 5.92 Å². The highest BCUT2D eigenvalue weighted by Crippen LogP contribution is 2.19. The Bertz CT molecular complexity index is 155. The van der Waals surface area contributed by atoms with E-state index in [9.17, 15) is 8.78 Å². The maximum Gasteiger partial charge on any atom is 0.245 e. The van der Waals surface area contributed by atoms with Gasteiger partial charge in [-0.2, -0.15) is 0 Å².